The fraction of sp³-hybridized carbons (Fsp3) is 0.286. The minimum absolute atomic E-state index is 0.144. The van der Waals surface area contributed by atoms with Gasteiger partial charge in [-0.3, -0.25) is 9.59 Å². The zero-order valence-electron chi connectivity index (χ0n) is 12.3. The number of anilines is 1. The number of methoxy groups -OCH3 is 1. The molecule has 2 rings (SSSR count). The van der Waals surface area contributed by atoms with E-state index < -0.39 is 5.97 Å². The number of thiophene rings is 1. The van der Waals surface area contributed by atoms with E-state index >= 15 is 0 Å². The summed E-state index contributed by atoms with van der Waals surface area (Å²) in [5, 5.41) is 9.30. The van der Waals surface area contributed by atoms with Crippen molar-refractivity contribution in [3.8, 4) is 0 Å². The molecule has 2 aromatic heterocycles. The van der Waals surface area contributed by atoms with Gasteiger partial charge >= 0.3 is 5.97 Å². The van der Waals surface area contributed by atoms with Crippen molar-refractivity contribution in [2.75, 3.05) is 19.0 Å². The summed E-state index contributed by atoms with van der Waals surface area (Å²) in [6.07, 6.45) is 2.11. The summed E-state index contributed by atoms with van der Waals surface area (Å²) in [6.45, 7) is 0.410. The van der Waals surface area contributed by atoms with E-state index in [-0.39, 0.29) is 18.2 Å². The molecular formula is C14H15N3O4S2. The van der Waals surface area contributed by atoms with Crippen molar-refractivity contribution in [2.24, 2.45) is 0 Å². The maximum atomic E-state index is 11.8. The first kappa shape index (κ1) is 17.1. The van der Waals surface area contributed by atoms with Crippen molar-refractivity contribution in [1.82, 2.24) is 10.3 Å². The molecule has 7 nitrogen and oxygen atoms in total. The topological polar surface area (TPSA) is 97.4 Å². The number of rotatable bonds is 7. The Bertz CT molecular complexity index is 682. The zero-order valence-corrected chi connectivity index (χ0v) is 14.0. The maximum absolute atomic E-state index is 11.8. The average Bonchev–Trinajstić information content (AvgIpc) is 3.22. The molecule has 0 aliphatic rings. The first-order valence-corrected chi connectivity index (χ1v) is 8.50. The highest BCUT2D eigenvalue weighted by Crippen LogP contribution is 2.18. The maximum Gasteiger partial charge on any atom is 0.349 e. The van der Waals surface area contributed by atoms with E-state index in [2.05, 4.69) is 20.4 Å². The summed E-state index contributed by atoms with van der Waals surface area (Å²) in [5.41, 5.74) is 0.623. The lowest BCUT2D eigenvalue weighted by Crippen LogP contribution is -2.25. The third-order valence-electron chi connectivity index (χ3n) is 2.79. The lowest BCUT2D eigenvalue weighted by atomic mass is 10.2. The number of hydrogen-bond acceptors (Lipinski definition) is 7. The third-order valence-corrected chi connectivity index (χ3v) is 4.36. The van der Waals surface area contributed by atoms with Crippen LogP contribution >= 0.6 is 22.7 Å². The van der Waals surface area contributed by atoms with Gasteiger partial charge in [0.25, 0.3) is 5.91 Å². The van der Waals surface area contributed by atoms with Crippen molar-refractivity contribution in [3.63, 3.8) is 0 Å². The number of thiazole rings is 1. The van der Waals surface area contributed by atoms with Crippen LogP contribution in [0.3, 0.4) is 0 Å². The lowest BCUT2D eigenvalue weighted by Gasteiger charge is -2.04. The van der Waals surface area contributed by atoms with Crippen LogP contribution < -0.4 is 10.6 Å². The summed E-state index contributed by atoms with van der Waals surface area (Å²) < 4.78 is 4.57. The smallest absolute Gasteiger partial charge is 0.349 e. The van der Waals surface area contributed by atoms with Crippen LogP contribution in [-0.2, 0) is 9.53 Å². The van der Waals surface area contributed by atoms with E-state index in [4.69, 9.17) is 0 Å². The molecule has 0 fully saturated rings. The number of nitrogens with zero attached hydrogens (tertiary/aromatic N) is 1. The molecule has 122 valence electrons. The second-order valence-electron chi connectivity index (χ2n) is 4.44. The molecule has 2 N–H and O–H groups in total. The predicted molar refractivity (Wildman–Crippen MR) is 88.0 cm³/mol. The van der Waals surface area contributed by atoms with E-state index in [1.807, 2.05) is 5.38 Å². The van der Waals surface area contributed by atoms with Crippen LogP contribution in [0, 0.1) is 0 Å². The van der Waals surface area contributed by atoms with Gasteiger partial charge in [-0.15, -0.1) is 0 Å². The summed E-state index contributed by atoms with van der Waals surface area (Å²) in [7, 11) is 1.28. The molecule has 0 spiro atoms. The highest BCUT2D eigenvalue weighted by Gasteiger charge is 2.12. The minimum atomic E-state index is -0.487. The van der Waals surface area contributed by atoms with Gasteiger partial charge in [-0.2, -0.15) is 11.3 Å². The van der Waals surface area contributed by atoms with Crippen LogP contribution in [0.15, 0.2) is 23.0 Å². The first-order valence-electron chi connectivity index (χ1n) is 6.74. The SMILES string of the molecule is COC(=O)c1cnc(NC(=O)CCCNC(=O)c2ccsc2)s1. The number of esters is 1. The van der Waals surface area contributed by atoms with Crippen molar-refractivity contribution in [2.45, 2.75) is 12.8 Å². The van der Waals surface area contributed by atoms with Crippen LogP contribution in [-0.4, -0.2) is 36.4 Å². The molecule has 0 atom stereocenters. The number of aromatic nitrogens is 1. The van der Waals surface area contributed by atoms with Crippen molar-refractivity contribution in [1.29, 1.82) is 0 Å². The number of hydrogen-bond donors (Lipinski definition) is 2. The quantitative estimate of drug-likeness (QED) is 0.587. The molecule has 2 aromatic rings. The number of nitrogens with one attached hydrogen (secondary N) is 2. The molecule has 0 saturated carbocycles. The van der Waals surface area contributed by atoms with Crippen molar-refractivity contribution < 1.29 is 19.1 Å². The Hall–Kier alpha value is -2.26. The highest BCUT2D eigenvalue weighted by atomic mass is 32.1. The summed E-state index contributed by atoms with van der Waals surface area (Å²) in [6, 6.07) is 1.74. The van der Waals surface area contributed by atoms with Crippen LogP contribution in [0.2, 0.25) is 0 Å². The molecule has 9 heteroatoms. The minimum Gasteiger partial charge on any atom is -0.465 e. The molecule has 0 aliphatic heterocycles. The first-order chi connectivity index (χ1) is 11.1. The summed E-state index contributed by atoms with van der Waals surface area (Å²) in [4.78, 5) is 39.0. The van der Waals surface area contributed by atoms with E-state index in [0.717, 1.165) is 11.3 Å². The fourth-order valence-electron chi connectivity index (χ4n) is 1.66. The Labute approximate surface area is 140 Å². The van der Waals surface area contributed by atoms with E-state index in [1.165, 1.54) is 24.6 Å². The van der Waals surface area contributed by atoms with Gasteiger partial charge in [0.1, 0.15) is 4.88 Å². The monoisotopic (exact) mass is 353 g/mol. The van der Waals surface area contributed by atoms with E-state index in [9.17, 15) is 14.4 Å². The Balaban J connectivity index is 1.68. The van der Waals surface area contributed by atoms with E-state index in [0.29, 0.717) is 28.5 Å². The Kier molecular flexibility index (Phi) is 6.24. The van der Waals surface area contributed by atoms with Crippen LogP contribution in [0.4, 0.5) is 5.13 Å². The molecule has 0 unspecified atom stereocenters. The molecule has 0 radical (unpaired) electrons. The Morgan fingerprint density at radius 1 is 1.35 bits per heavy atom. The third kappa shape index (κ3) is 5.15. The number of amides is 2. The number of carbonyl (C=O) groups excluding carboxylic acids is 3. The molecule has 23 heavy (non-hydrogen) atoms. The highest BCUT2D eigenvalue weighted by molar-refractivity contribution is 7.17. The van der Waals surface area contributed by atoms with E-state index in [1.54, 1.807) is 11.4 Å². The second-order valence-corrected chi connectivity index (χ2v) is 6.25. The lowest BCUT2D eigenvalue weighted by molar-refractivity contribution is -0.116. The summed E-state index contributed by atoms with van der Waals surface area (Å²) >= 11 is 2.51. The molecule has 0 saturated heterocycles. The van der Waals surface area contributed by atoms with Crippen LogP contribution in [0.1, 0.15) is 32.9 Å². The average molecular weight is 353 g/mol. The standard InChI is InChI=1S/C14H15N3O4S2/c1-21-13(20)10-7-16-14(23-10)17-11(18)3-2-5-15-12(19)9-4-6-22-8-9/h4,6-8H,2-3,5H2,1H3,(H,15,19)(H,16,17,18). The molecule has 0 aliphatic carbocycles. The van der Waals surface area contributed by atoms with Gasteiger partial charge < -0.3 is 15.4 Å². The van der Waals surface area contributed by atoms with Gasteiger partial charge in [0.2, 0.25) is 5.91 Å². The van der Waals surface area contributed by atoms with Crippen LogP contribution in [0.5, 0.6) is 0 Å². The molecular weight excluding hydrogens is 338 g/mol. The normalized spacial score (nSPS) is 10.1. The predicted octanol–water partition coefficient (Wildman–Crippen LogP) is 2.14. The van der Waals surface area contributed by atoms with Gasteiger partial charge in [0.05, 0.1) is 13.3 Å². The number of ether oxygens (including phenoxy) is 1. The Morgan fingerprint density at radius 2 is 2.17 bits per heavy atom. The number of carbonyl (C=O) groups is 3. The van der Waals surface area contributed by atoms with Crippen molar-refractivity contribution in [3.05, 3.63) is 33.5 Å². The zero-order chi connectivity index (χ0) is 16.7. The van der Waals surface area contributed by atoms with Gasteiger partial charge in [-0.1, -0.05) is 11.3 Å². The molecule has 2 heterocycles. The second kappa shape index (κ2) is 8.39. The van der Waals surface area contributed by atoms with Gasteiger partial charge in [-0.25, -0.2) is 9.78 Å². The molecule has 0 aromatic carbocycles. The van der Waals surface area contributed by atoms with Gasteiger partial charge in [-0.05, 0) is 17.9 Å². The molecule has 2 amide bonds. The van der Waals surface area contributed by atoms with Crippen molar-refractivity contribution >= 4 is 45.6 Å². The van der Waals surface area contributed by atoms with Crippen LogP contribution in [0.25, 0.3) is 0 Å². The Morgan fingerprint density at radius 3 is 2.87 bits per heavy atom. The largest absolute Gasteiger partial charge is 0.465 e. The fourth-order valence-corrected chi connectivity index (χ4v) is 3.04. The molecule has 0 bridgehead atoms. The van der Waals surface area contributed by atoms with Gasteiger partial charge in [0.15, 0.2) is 5.13 Å². The summed E-state index contributed by atoms with van der Waals surface area (Å²) in [5.74, 6) is -0.853. The van der Waals surface area contributed by atoms with Gasteiger partial charge in [0, 0.05) is 23.9 Å².